The average Bonchev–Trinajstić information content (AvgIpc) is 2.67. The van der Waals surface area contributed by atoms with E-state index in [1.54, 1.807) is 0 Å². The van der Waals surface area contributed by atoms with Crippen molar-refractivity contribution in [2.75, 3.05) is 57.8 Å². The molecule has 3 heterocycles. The van der Waals surface area contributed by atoms with Crippen LogP contribution in [0.4, 0.5) is 5.82 Å². The molecule has 26 heavy (non-hydrogen) atoms. The van der Waals surface area contributed by atoms with Gasteiger partial charge in [0, 0.05) is 63.7 Å². The number of aryl methyl sites for hydroxylation is 2. The van der Waals surface area contributed by atoms with Crippen molar-refractivity contribution >= 4 is 5.82 Å². The Hall–Kier alpha value is -1.24. The van der Waals surface area contributed by atoms with Crippen molar-refractivity contribution in [2.45, 2.75) is 45.6 Å². The van der Waals surface area contributed by atoms with Crippen molar-refractivity contribution in [1.29, 1.82) is 0 Å². The minimum absolute atomic E-state index is 0.290. The molecule has 0 aromatic carbocycles. The molecule has 0 radical (unpaired) electrons. The fourth-order valence-corrected chi connectivity index (χ4v) is 4.49. The third kappa shape index (κ3) is 4.53. The number of anilines is 1. The SMILES string of the molecule is CCc1cnc(C)nc1N1CC[C@@H](N2CCN(C)CC2)[C@@H](CCCO)C1. The van der Waals surface area contributed by atoms with E-state index in [2.05, 4.69) is 33.7 Å². The molecule has 2 atom stereocenters. The second kappa shape index (κ2) is 9.11. The Morgan fingerprint density at radius 1 is 1.19 bits per heavy atom. The number of aliphatic hydroxyl groups is 1. The molecule has 0 bridgehead atoms. The molecule has 6 heteroatoms. The van der Waals surface area contributed by atoms with Gasteiger partial charge in [-0.25, -0.2) is 9.97 Å². The van der Waals surface area contributed by atoms with Crippen molar-refractivity contribution in [3.8, 4) is 0 Å². The van der Waals surface area contributed by atoms with Crippen LogP contribution in [-0.2, 0) is 6.42 Å². The molecule has 0 spiro atoms. The zero-order chi connectivity index (χ0) is 18.5. The fourth-order valence-electron chi connectivity index (χ4n) is 4.49. The van der Waals surface area contributed by atoms with E-state index in [0.717, 1.165) is 57.1 Å². The highest BCUT2D eigenvalue weighted by Crippen LogP contribution is 2.30. The zero-order valence-corrected chi connectivity index (χ0v) is 16.7. The number of nitrogens with zero attached hydrogens (tertiary/aromatic N) is 5. The summed E-state index contributed by atoms with van der Waals surface area (Å²) in [5, 5.41) is 9.38. The molecule has 2 saturated heterocycles. The number of aliphatic hydroxyl groups excluding tert-OH is 1. The van der Waals surface area contributed by atoms with E-state index in [1.807, 2.05) is 13.1 Å². The number of hydrogen-bond donors (Lipinski definition) is 1. The Morgan fingerprint density at radius 3 is 2.65 bits per heavy atom. The summed E-state index contributed by atoms with van der Waals surface area (Å²) in [6, 6.07) is 0.638. The third-order valence-electron chi connectivity index (χ3n) is 6.08. The lowest BCUT2D eigenvalue weighted by Gasteiger charge is -2.47. The lowest BCUT2D eigenvalue weighted by atomic mass is 9.86. The van der Waals surface area contributed by atoms with Crippen LogP contribution in [0.5, 0.6) is 0 Å². The predicted octanol–water partition coefficient (Wildman–Crippen LogP) is 1.56. The molecule has 1 N–H and O–H groups in total. The van der Waals surface area contributed by atoms with Crippen molar-refractivity contribution < 1.29 is 5.11 Å². The summed E-state index contributed by atoms with van der Waals surface area (Å²) in [6.07, 6.45) is 6.13. The third-order valence-corrected chi connectivity index (χ3v) is 6.08. The molecule has 0 aliphatic carbocycles. The highest BCUT2D eigenvalue weighted by molar-refractivity contribution is 5.46. The van der Waals surface area contributed by atoms with Crippen LogP contribution >= 0.6 is 0 Å². The maximum Gasteiger partial charge on any atom is 0.135 e. The summed E-state index contributed by atoms with van der Waals surface area (Å²) in [5.41, 5.74) is 1.24. The summed E-state index contributed by atoms with van der Waals surface area (Å²) in [7, 11) is 2.22. The second-order valence-corrected chi connectivity index (χ2v) is 7.89. The summed E-state index contributed by atoms with van der Waals surface area (Å²) < 4.78 is 0. The van der Waals surface area contributed by atoms with Crippen LogP contribution in [0.15, 0.2) is 6.20 Å². The number of likely N-dealkylation sites (N-methyl/N-ethyl adjacent to an activating group) is 1. The quantitative estimate of drug-likeness (QED) is 0.830. The van der Waals surface area contributed by atoms with Gasteiger partial charge in [-0.2, -0.15) is 0 Å². The van der Waals surface area contributed by atoms with E-state index in [1.165, 1.54) is 25.1 Å². The van der Waals surface area contributed by atoms with Gasteiger partial charge in [-0.3, -0.25) is 4.90 Å². The number of rotatable bonds is 6. The van der Waals surface area contributed by atoms with Crippen LogP contribution in [-0.4, -0.2) is 83.8 Å². The number of hydrogen-bond acceptors (Lipinski definition) is 6. The second-order valence-electron chi connectivity index (χ2n) is 7.89. The molecular formula is C20H35N5O. The van der Waals surface area contributed by atoms with Crippen LogP contribution in [0.1, 0.15) is 37.6 Å². The Morgan fingerprint density at radius 2 is 1.96 bits per heavy atom. The van der Waals surface area contributed by atoms with E-state index in [9.17, 15) is 5.11 Å². The van der Waals surface area contributed by atoms with Crippen LogP contribution in [0, 0.1) is 12.8 Å². The Kier molecular flexibility index (Phi) is 6.84. The van der Waals surface area contributed by atoms with Gasteiger partial charge in [-0.15, -0.1) is 0 Å². The monoisotopic (exact) mass is 361 g/mol. The summed E-state index contributed by atoms with van der Waals surface area (Å²) in [6.45, 7) is 11.2. The first-order valence-corrected chi connectivity index (χ1v) is 10.2. The van der Waals surface area contributed by atoms with Crippen LogP contribution in [0.3, 0.4) is 0 Å². The van der Waals surface area contributed by atoms with Gasteiger partial charge < -0.3 is 14.9 Å². The molecule has 0 saturated carbocycles. The van der Waals surface area contributed by atoms with Crippen LogP contribution < -0.4 is 4.90 Å². The van der Waals surface area contributed by atoms with Gasteiger partial charge in [-0.05, 0) is 45.6 Å². The molecular weight excluding hydrogens is 326 g/mol. The van der Waals surface area contributed by atoms with Crippen molar-refractivity contribution in [3.63, 3.8) is 0 Å². The first kappa shape index (κ1) is 19.5. The Balaban J connectivity index is 1.74. The van der Waals surface area contributed by atoms with E-state index >= 15 is 0 Å². The standard InChI is InChI=1S/C20H35N5O/c1-4-17-14-21-16(2)22-20(17)25-8-7-19(18(15-25)6-5-13-26)24-11-9-23(3)10-12-24/h14,18-19,26H,4-13,15H2,1-3H3/t18-,19+/m0/s1. The predicted molar refractivity (Wildman–Crippen MR) is 106 cm³/mol. The van der Waals surface area contributed by atoms with Crippen molar-refractivity contribution in [3.05, 3.63) is 17.6 Å². The fraction of sp³-hybridized carbons (Fsp3) is 0.800. The van der Waals surface area contributed by atoms with Crippen LogP contribution in [0.2, 0.25) is 0 Å². The Labute approximate surface area is 158 Å². The Bertz CT molecular complexity index is 573. The van der Waals surface area contributed by atoms with E-state index in [0.29, 0.717) is 18.6 Å². The van der Waals surface area contributed by atoms with Gasteiger partial charge in [0.25, 0.3) is 0 Å². The van der Waals surface area contributed by atoms with Crippen molar-refractivity contribution in [2.24, 2.45) is 5.92 Å². The van der Waals surface area contributed by atoms with E-state index in [4.69, 9.17) is 4.98 Å². The molecule has 0 unspecified atom stereocenters. The first-order chi connectivity index (χ1) is 12.6. The molecule has 3 rings (SSSR count). The molecule has 2 aliphatic rings. The zero-order valence-electron chi connectivity index (χ0n) is 16.7. The number of piperazine rings is 1. The summed E-state index contributed by atoms with van der Waals surface area (Å²) in [4.78, 5) is 16.8. The van der Waals surface area contributed by atoms with Gasteiger partial charge in [0.15, 0.2) is 0 Å². The molecule has 2 fully saturated rings. The smallest absolute Gasteiger partial charge is 0.135 e. The minimum Gasteiger partial charge on any atom is -0.396 e. The minimum atomic E-state index is 0.290. The van der Waals surface area contributed by atoms with Gasteiger partial charge in [-0.1, -0.05) is 6.92 Å². The van der Waals surface area contributed by atoms with Gasteiger partial charge >= 0.3 is 0 Å². The largest absolute Gasteiger partial charge is 0.396 e. The maximum atomic E-state index is 9.38. The molecule has 146 valence electrons. The lowest BCUT2D eigenvalue weighted by Crippen LogP contribution is -2.56. The average molecular weight is 362 g/mol. The maximum absolute atomic E-state index is 9.38. The summed E-state index contributed by atoms with van der Waals surface area (Å²) >= 11 is 0. The van der Waals surface area contributed by atoms with Crippen LogP contribution in [0.25, 0.3) is 0 Å². The molecule has 1 aromatic rings. The van der Waals surface area contributed by atoms with Gasteiger partial charge in [0.2, 0.25) is 0 Å². The molecule has 1 aromatic heterocycles. The van der Waals surface area contributed by atoms with Gasteiger partial charge in [0.05, 0.1) is 0 Å². The lowest BCUT2D eigenvalue weighted by molar-refractivity contribution is 0.0637. The topological polar surface area (TPSA) is 55.7 Å². The highest BCUT2D eigenvalue weighted by atomic mass is 16.2. The van der Waals surface area contributed by atoms with E-state index < -0.39 is 0 Å². The van der Waals surface area contributed by atoms with Gasteiger partial charge in [0.1, 0.15) is 11.6 Å². The normalized spacial score (nSPS) is 25.6. The number of aromatic nitrogens is 2. The molecule has 2 aliphatic heterocycles. The molecule has 6 nitrogen and oxygen atoms in total. The molecule has 0 amide bonds. The first-order valence-electron chi connectivity index (χ1n) is 10.2. The number of piperidine rings is 1. The van der Waals surface area contributed by atoms with E-state index in [-0.39, 0.29) is 0 Å². The highest BCUT2D eigenvalue weighted by Gasteiger charge is 2.35. The van der Waals surface area contributed by atoms with Crippen molar-refractivity contribution in [1.82, 2.24) is 19.8 Å². The summed E-state index contributed by atoms with van der Waals surface area (Å²) in [5.74, 6) is 2.58.